The predicted octanol–water partition coefficient (Wildman–Crippen LogP) is 3.69. The maximum absolute atomic E-state index is 11.3. The molecule has 0 aliphatic carbocycles. The van der Waals surface area contributed by atoms with Crippen molar-refractivity contribution in [3.8, 4) is 11.3 Å². The minimum atomic E-state index is -0.890. The molecule has 21 heavy (non-hydrogen) atoms. The summed E-state index contributed by atoms with van der Waals surface area (Å²) in [7, 11) is 0. The van der Waals surface area contributed by atoms with Crippen molar-refractivity contribution in [1.82, 2.24) is 14.7 Å². The molecule has 7 heteroatoms. The van der Waals surface area contributed by atoms with Crippen LogP contribution in [0.3, 0.4) is 0 Å². The molecule has 0 saturated heterocycles. The summed E-state index contributed by atoms with van der Waals surface area (Å²) in [6.45, 7) is 2.84. The number of carboxylic acid groups (broad SMARTS) is 1. The summed E-state index contributed by atoms with van der Waals surface area (Å²) in [5.41, 5.74) is 2.81. The summed E-state index contributed by atoms with van der Waals surface area (Å²) in [5, 5.41) is 14.6. The van der Waals surface area contributed by atoms with E-state index < -0.39 is 6.09 Å². The Balaban J connectivity index is 2.02. The minimum absolute atomic E-state index is 0.0798. The van der Waals surface area contributed by atoms with E-state index in [1.165, 1.54) is 4.90 Å². The van der Waals surface area contributed by atoms with E-state index in [-0.39, 0.29) is 6.04 Å². The number of carbonyl (C=O) groups is 1. The third-order valence-electron chi connectivity index (χ3n) is 3.65. The van der Waals surface area contributed by atoms with Crippen molar-refractivity contribution in [3.63, 3.8) is 0 Å². The van der Waals surface area contributed by atoms with Gasteiger partial charge in [-0.2, -0.15) is 5.10 Å². The van der Waals surface area contributed by atoms with Crippen molar-refractivity contribution in [3.05, 3.63) is 38.6 Å². The van der Waals surface area contributed by atoms with Crippen LogP contribution in [-0.2, 0) is 13.1 Å². The fourth-order valence-electron chi connectivity index (χ4n) is 2.49. The van der Waals surface area contributed by atoms with Crippen LogP contribution in [0.4, 0.5) is 4.79 Å². The van der Waals surface area contributed by atoms with Gasteiger partial charge in [-0.3, -0.25) is 9.58 Å². The number of hydrogen-bond acceptors (Lipinski definition) is 2. The molecule has 0 bridgehead atoms. The lowest BCUT2D eigenvalue weighted by molar-refractivity contribution is 0.105. The zero-order valence-corrected chi connectivity index (χ0v) is 14.2. The van der Waals surface area contributed by atoms with Gasteiger partial charge in [-0.1, -0.05) is 23.7 Å². The summed E-state index contributed by atoms with van der Waals surface area (Å²) in [5.74, 6) is 0. The third kappa shape index (κ3) is 2.62. The lowest BCUT2D eigenvalue weighted by Gasteiger charge is -2.31. The number of rotatable bonds is 1. The maximum Gasteiger partial charge on any atom is 0.407 e. The highest BCUT2D eigenvalue weighted by atomic mass is 127. The number of aromatic nitrogens is 2. The molecule has 1 aliphatic heterocycles. The highest BCUT2D eigenvalue weighted by molar-refractivity contribution is 14.1. The normalized spacial score (nSPS) is 17.7. The third-order valence-corrected chi connectivity index (χ3v) is 5.03. The maximum atomic E-state index is 11.3. The first-order chi connectivity index (χ1) is 9.97. The van der Waals surface area contributed by atoms with Crippen molar-refractivity contribution < 1.29 is 9.90 Å². The van der Waals surface area contributed by atoms with E-state index in [4.69, 9.17) is 11.6 Å². The average Bonchev–Trinajstić information content (AvgIpc) is 2.75. The number of fused-ring (bicyclic) bond motifs is 1. The van der Waals surface area contributed by atoms with Crippen LogP contribution >= 0.6 is 34.2 Å². The first kappa shape index (κ1) is 14.6. The fraction of sp³-hybridized carbons (Fsp3) is 0.286. The van der Waals surface area contributed by atoms with Gasteiger partial charge in [0, 0.05) is 10.6 Å². The monoisotopic (exact) mass is 417 g/mol. The van der Waals surface area contributed by atoms with Crippen LogP contribution in [-0.4, -0.2) is 31.9 Å². The van der Waals surface area contributed by atoms with Crippen LogP contribution in [0.25, 0.3) is 11.3 Å². The molecule has 0 radical (unpaired) electrons. The summed E-state index contributed by atoms with van der Waals surface area (Å²) >= 11 is 8.15. The van der Waals surface area contributed by atoms with Gasteiger partial charge in [-0.15, -0.1) is 0 Å². The Kier molecular flexibility index (Phi) is 3.83. The van der Waals surface area contributed by atoms with E-state index in [2.05, 4.69) is 27.7 Å². The Morgan fingerprint density at radius 3 is 2.71 bits per heavy atom. The van der Waals surface area contributed by atoms with Crippen molar-refractivity contribution in [2.24, 2.45) is 0 Å². The molecule has 0 saturated carbocycles. The zero-order valence-electron chi connectivity index (χ0n) is 11.3. The van der Waals surface area contributed by atoms with Gasteiger partial charge in [0.1, 0.15) is 5.69 Å². The highest BCUT2D eigenvalue weighted by Gasteiger charge is 2.30. The number of hydrogen-bond donors (Lipinski definition) is 1. The molecule has 2 heterocycles. The average molecular weight is 418 g/mol. The molecule has 1 aromatic heterocycles. The molecule has 3 rings (SSSR count). The Morgan fingerprint density at radius 1 is 1.43 bits per heavy atom. The van der Waals surface area contributed by atoms with Gasteiger partial charge in [0.05, 0.1) is 28.4 Å². The molecule has 1 amide bonds. The number of halogens is 2. The van der Waals surface area contributed by atoms with E-state index >= 15 is 0 Å². The molecule has 1 atom stereocenters. The first-order valence-electron chi connectivity index (χ1n) is 6.48. The van der Waals surface area contributed by atoms with Crippen LogP contribution < -0.4 is 0 Å². The van der Waals surface area contributed by atoms with E-state index in [9.17, 15) is 9.90 Å². The fourth-order valence-corrected chi connectivity index (χ4v) is 3.49. The topological polar surface area (TPSA) is 58.4 Å². The largest absolute Gasteiger partial charge is 0.465 e. The molecule has 1 aromatic carbocycles. The van der Waals surface area contributed by atoms with Crippen LogP contribution in [0.2, 0.25) is 5.02 Å². The number of nitrogens with zero attached hydrogens (tertiary/aromatic N) is 3. The van der Waals surface area contributed by atoms with Gasteiger partial charge in [0.25, 0.3) is 0 Å². The highest BCUT2D eigenvalue weighted by Crippen LogP contribution is 2.31. The summed E-state index contributed by atoms with van der Waals surface area (Å²) in [6.07, 6.45) is -0.890. The van der Waals surface area contributed by atoms with Gasteiger partial charge < -0.3 is 5.11 Å². The molecule has 1 N–H and O–H groups in total. The van der Waals surface area contributed by atoms with Gasteiger partial charge in [0.15, 0.2) is 0 Å². The Labute approximate surface area is 140 Å². The lowest BCUT2D eigenvalue weighted by atomic mass is 10.1. The SMILES string of the molecule is C[C@@H]1Cn2nc(-c3ccc(Cl)cc3)c(I)c2CN1C(=O)O. The second kappa shape index (κ2) is 5.49. The summed E-state index contributed by atoms with van der Waals surface area (Å²) in [6, 6.07) is 7.44. The van der Waals surface area contributed by atoms with Crippen LogP contribution in [0.15, 0.2) is 24.3 Å². The Bertz CT molecular complexity index is 699. The lowest BCUT2D eigenvalue weighted by Crippen LogP contribution is -2.44. The second-order valence-electron chi connectivity index (χ2n) is 5.06. The molecule has 0 fully saturated rings. The van der Waals surface area contributed by atoms with Gasteiger partial charge in [-0.25, -0.2) is 4.79 Å². The molecule has 0 spiro atoms. The smallest absolute Gasteiger partial charge is 0.407 e. The second-order valence-corrected chi connectivity index (χ2v) is 6.57. The van der Waals surface area contributed by atoms with Gasteiger partial charge in [-0.05, 0) is 41.6 Å². The van der Waals surface area contributed by atoms with E-state index in [0.29, 0.717) is 18.1 Å². The Hall–Kier alpha value is -1.28. The summed E-state index contributed by atoms with van der Waals surface area (Å²) < 4.78 is 2.91. The molecule has 1 aliphatic rings. The Morgan fingerprint density at radius 2 is 2.10 bits per heavy atom. The van der Waals surface area contributed by atoms with E-state index in [1.807, 2.05) is 35.9 Å². The molecular weight excluding hydrogens is 405 g/mol. The molecule has 0 unspecified atom stereocenters. The van der Waals surface area contributed by atoms with Crippen molar-refractivity contribution in [1.29, 1.82) is 0 Å². The molecule has 2 aromatic rings. The van der Waals surface area contributed by atoms with Gasteiger partial charge in [0.2, 0.25) is 0 Å². The van der Waals surface area contributed by atoms with E-state index in [0.717, 1.165) is 20.5 Å². The minimum Gasteiger partial charge on any atom is -0.465 e. The van der Waals surface area contributed by atoms with Crippen LogP contribution in [0.1, 0.15) is 12.6 Å². The van der Waals surface area contributed by atoms with Gasteiger partial charge >= 0.3 is 6.09 Å². The van der Waals surface area contributed by atoms with Crippen molar-refractivity contribution in [2.45, 2.75) is 26.1 Å². The number of amides is 1. The molecule has 5 nitrogen and oxygen atoms in total. The van der Waals surface area contributed by atoms with Crippen LogP contribution in [0, 0.1) is 3.57 Å². The van der Waals surface area contributed by atoms with Crippen molar-refractivity contribution >= 4 is 40.3 Å². The molecule has 110 valence electrons. The quantitative estimate of drug-likeness (QED) is 0.720. The van der Waals surface area contributed by atoms with Crippen LogP contribution in [0.5, 0.6) is 0 Å². The number of benzene rings is 1. The first-order valence-corrected chi connectivity index (χ1v) is 7.93. The zero-order chi connectivity index (χ0) is 15.1. The summed E-state index contributed by atoms with van der Waals surface area (Å²) in [4.78, 5) is 12.7. The predicted molar refractivity (Wildman–Crippen MR) is 88.4 cm³/mol. The standard InChI is InChI=1S/C14H13ClIN3O2/c1-8-6-19-11(7-18(8)14(20)21)12(16)13(17-19)9-2-4-10(15)5-3-9/h2-5,8H,6-7H2,1H3,(H,20,21)/t8-/m1/s1. The van der Waals surface area contributed by atoms with E-state index in [1.54, 1.807) is 0 Å². The van der Waals surface area contributed by atoms with Crippen molar-refractivity contribution in [2.75, 3.05) is 0 Å². The molecular formula is C14H13ClIN3O2.